The number of halogens is 2. The van der Waals surface area contributed by atoms with E-state index in [9.17, 15) is 14.7 Å². The number of phenols is 1. The number of nitrogens with one attached hydrogen (secondary N) is 1. The van der Waals surface area contributed by atoms with E-state index in [1.54, 1.807) is 24.3 Å². The number of aromatic hydroxyl groups is 1. The van der Waals surface area contributed by atoms with Crippen LogP contribution >= 0.6 is 23.2 Å². The number of esters is 1. The number of carbonyl (C=O) groups excluding carboxylic acids is 2. The van der Waals surface area contributed by atoms with Gasteiger partial charge in [0.2, 0.25) is 0 Å². The number of rotatable bonds is 5. The van der Waals surface area contributed by atoms with Crippen molar-refractivity contribution in [3.8, 4) is 5.75 Å². The molecule has 1 amide bonds. The number of hydrogen-bond acceptors (Lipinski definition) is 5. The highest BCUT2D eigenvalue weighted by Gasteiger charge is 2.28. The number of nitrogens with zero attached hydrogens (tertiary/aromatic N) is 1. The number of amides is 1. The zero-order valence-electron chi connectivity index (χ0n) is 18.9. The summed E-state index contributed by atoms with van der Waals surface area (Å²) in [6, 6.07) is 19.0. The predicted molar refractivity (Wildman–Crippen MR) is 141 cm³/mol. The summed E-state index contributed by atoms with van der Waals surface area (Å²) in [6.07, 6.45) is 3.32. The standard InChI is InChI=1S/C28H20Cl2N2O4/c29-18-8-12-22(30)24(14-18)31-25(34)15-36-28(35)26-20-3-1-2-4-23(20)32-27-17(7-11-21(26)27)13-16-5-9-19(33)10-6-16/h1-6,8-10,12-14,33H,7,11,15H2,(H,31,34)/b17-13-. The fraction of sp³-hybridized carbons (Fsp3) is 0.107. The number of fused-ring (bicyclic) bond motifs is 2. The van der Waals surface area contributed by atoms with E-state index in [1.807, 2.05) is 42.5 Å². The molecule has 5 rings (SSSR count). The summed E-state index contributed by atoms with van der Waals surface area (Å²) in [5, 5.41) is 13.6. The minimum absolute atomic E-state index is 0.194. The highest BCUT2D eigenvalue weighted by molar-refractivity contribution is 6.35. The Balaban J connectivity index is 1.43. The number of pyridine rings is 1. The number of phenolic OH excluding ortho intramolecular Hbond substituents is 1. The minimum atomic E-state index is -0.594. The van der Waals surface area contributed by atoms with Crippen molar-refractivity contribution in [2.24, 2.45) is 0 Å². The molecule has 180 valence electrons. The molecule has 1 heterocycles. The lowest BCUT2D eigenvalue weighted by Gasteiger charge is -2.13. The molecular weight excluding hydrogens is 499 g/mol. The maximum atomic E-state index is 13.3. The van der Waals surface area contributed by atoms with Gasteiger partial charge in [0.25, 0.3) is 5.91 Å². The van der Waals surface area contributed by atoms with Gasteiger partial charge in [0.15, 0.2) is 6.61 Å². The number of anilines is 1. The van der Waals surface area contributed by atoms with Gasteiger partial charge in [-0.15, -0.1) is 0 Å². The number of allylic oxidation sites excluding steroid dienone is 1. The van der Waals surface area contributed by atoms with E-state index in [2.05, 4.69) is 5.32 Å². The Hall–Kier alpha value is -3.87. The van der Waals surface area contributed by atoms with Crippen LogP contribution in [0.25, 0.3) is 22.6 Å². The highest BCUT2D eigenvalue weighted by atomic mass is 35.5. The van der Waals surface area contributed by atoms with Gasteiger partial charge in [0.1, 0.15) is 5.75 Å². The zero-order chi connectivity index (χ0) is 25.2. The lowest BCUT2D eigenvalue weighted by atomic mass is 10.0. The van der Waals surface area contributed by atoms with Crippen LogP contribution in [0.5, 0.6) is 5.75 Å². The minimum Gasteiger partial charge on any atom is -0.508 e. The van der Waals surface area contributed by atoms with Crippen LogP contribution in [0.4, 0.5) is 5.69 Å². The summed E-state index contributed by atoms with van der Waals surface area (Å²) in [7, 11) is 0. The fourth-order valence-corrected chi connectivity index (χ4v) is 4.60. The number of ether oxygens (including phenoxy) is 1. The molecule has 0 spiro atoms. The summed E-state index contributed by atoms with van der Waals surface area (Å²) in [5.41, 5.74) is 4.86. The van der Waals surface area contributed by atoms with Gasteiger partial charge < -0.3 is 15.2 Å². The third-order valence-corrected chi connectivity index (χ3v) is 6.48. The number of aromatic nitrogens is 1. The van der Waals surface area contributed by atoms with E-state index in [4.69, 9.17) is 32.9 Å². The molecular formula is C28H20Cl2N2O4. The summed E-state index contributed by atoms with van der Waals surface area (Å²) in [4.78, 5) is 30.6. The van der Waals surface area contributed by atoms with E-state index in [1.165, 1.54) is 6.07 Å². The van der Waals surface area contributed by atoms with Gasteiger partial charge in [0, 0.05) is 10.4 Å². The third kappa shape index (κ3) is 4.91. The third-order valence-electron chi connectivity index (χ3n) is 5.92. The molecule has 4 aromatic rings. The van der Waals surface area contributed by atoms with E-state index in [0.717, 1.165) is 22.4 Å². The Morgan fingerprint density at radius 1 is 1.03 bits per heavy atom. The fourth-order valence-electron chi connectivity index (χ4n) is 4.27. The summed E-state index contributed by atoms with van der Waals surface area (Å²) >= 11 is 12.1. The molecule has 0 bridgehead atoms. The molecule has 1 aliphatic rings. The van der Waals surface area contributed by atoms with Gasteiger partial charge in [-0.05, 0) is 72.0 Å². The van der Waals surface area contributed by atoms with Crippen molar-refractivity contribution in [1.82, 2.24) is 4.98 Å². The van der Waals surface area contributed by atoms with Crippen molar-refractivity contribution in [3.63, 3.8) is 0 Å². The Morgan fingerprint density at radius 3 is 2.61 bits per heavy atom. The highest BCUT2D eigenvalue weighted by Crippen LogP contribution is 2.38. The molecule has 8 heteroatoms. The van der Waals surface area contributed by atoms with E-state index >= 15 is 0 Å². The Labute approximate surface area is 217 Å². The predicted octanol–water partition coefficient (Wildman–Crippen LogP) is 6.53. The second-order valence-electron chi connectivity index (χ2n) is 8.34. The molecule has 0 unspecified atom stereocenters. The van der Waals surface area contributed by atoms with Gasteiger partial charge >= 0.3 is 5.97 Å². The average molecular weight is 519 g/mol. The van der Waals surface area contributed by atoms with Gasteiger partial charge in [0.05, 0.1) is 27.5 Å². The molecule has 36 heavy (non-hydrogen) atoms. The maximum absolute atomic E-state index is 13.3. The average Bonchev–Trinajstić information content (AvgIpc) is 3.26. The molecule has 0 atom stereocenters. The van der Waals surface area contributed by atoms with Crippen LogP contribution in [-0.4, -0.2) is 28.6 Å². The zero-order valence-corrected chi connectivity index (χ0v) is 20.4. The Morgan fingerprint density at radius 2 is 1.81 bits per heavy atom. The Kier molecular flexibility index (Phi) is 6.63. The molecule has 0 fully saturated rings. The topological polar surface area (TPSA) is 88.5 Å². The van der Waals surface area contributed by atoms with Crippen molar-refractivity contribution < 1.29 is 19.4 Å². The lowest BCUT2D eigenvalue weighted by molar-refractivity contribution is -0.119. The van der Waals surface area contributed by atoms with E-state index in [-0.39, 0.29) is 5.75 Å². The molecule has 1 aliphatic carbocycles. The van der Waals surface area contributed by atoms with Crippen molar-refractivity contribution >= 4 is 63.3 Å². The second-order valence-corrected chi connectivity index (χ2v) is 9.18. The van der Waals surface area contributed by atoms with Crippen molar-refractivity contribution in [2.75, 3.05) is 11.9 Å². The first-order valence-electron chi connectivity index (χ1n) is 11.2. The van der Waals surface area contributed by atoms with Crippen LogP contribution in [0, 0.1) is 0 Å². The maximum Gasteiger partial charge on any atom is 0.339 e. The summed E-state index contributed by atoms with van der Waals surface area (Å²) < 4.78 is 5.43. The second kappa shape index (κ2) is 10.0. The number of carbonyl (C=O) groups is 2. The van der Waals surface area contributed by atoms with Crippen LogP contribution in [-0.2, 0) is 16.0 Å². The smallest absolute Gasteiger partial charge is 0.339 e. The molecule has 2 N–H and O–H groups in total. The molecule has 3 aromatic carbocycles. The Bertz CT molecular complexity index is 1530. The lowest BCUT2D eigenvalue weighted by Crippen LogP contribution is -2.22. The van der Waals surface area contributed by atoms with Gasteiger partial charge in [-0.25, -0.2) is 9.78 Å². The van der Waals surface area contributed by atoms with Gasteiger partial charge in [-0.2, -0.15) is 0 Å². The summed E-state index contributed by atoms with van der Waals surface area (Å²) in [5.74, 6) is -0.932. The molecule has 0 saturated carbocycles. The summed E-state index contributed by atoms with van der Waals surface area (Å²) in [6.45, 7) is -0.483. The van der Waals surface area contributed by atoms with Crippen molar-refractivity contribution in [3.05, 3.63) is 99.2 Å². The molecule has 0 radical (unpaired) electrons. The molecule has 0 aliphatic heterocycles. The van der Waals surface area contributed by atoms with Crippen LogP contribution in [0.15, 0.2) is 66.7 Å². The monoisotopic (exact) mass is 518 g/mol. The van der Waals surface area contributed by atoms with Crippen LogP contribution in [0.1, 0.15) is 33.6 Å². The largest absolute Gasteiger partial charge is 0.508 e. The number of hydrogen-bond donors (Lipinski definition) is 2. The van der Waals surface area contributed by atoms with Gasteiger partial charge in [-0.3, -0.25) is 4.79 Å². The van der Waals surface area contributed by atoms with Crippen LogP contribution in [0.2, 0.25) is 10.0 Å². The van der Waals surface area contributed by atoms with Crippen LogP contribution < -0.4 is 5.32 Å². The van der Waals surface area contributed by atoms with Crippen molar-refractivity contribution in [1.29, 1.82) is 0 Å². The number of benzene rings is 3. The first kappa shape index (κ1) is 23.9. The SMILES string of the molecule is O=C(COC(=O)c1c2c(nc3ccccc13)/C(=C\c1ccc(O)cc1)CC2)Nc1cc(Cl)ccc1Cl. The first-order chi connectivity index (χ1) is 17.4. The quantitative estimate of drug-likeness (QED) is 0.293. The van der Waals surface area contributed by atoms with Crippen LogP contribution in [0.3, 0.4) is 0 Å². The van der Waals surface area contributed by atoms with Crippen molar-refractivity contribution in [2.45, 2.75) is 12.8 Å². The van der Waals surface area contributed by atoms with E-state index in [0.29, 0.717) is 45.0 Å². The molecule has 0 saturated heterocycles. The first-order valence-corrected chi connectivity index (χ1v) is 12.0. The normalized spacial score (nSPS) is 13.6. The molecule has 1 aromatic heterocycles. The molecule has 6 nitrogen and oxygen atoms in total. The van der Waals surface area contributed by atoms with E-state index < -0.39 is 18.5 Å². The van der Waals surface area contributed by atoms with Gasteiger partial charge in [-0.1, -0.05) is 53.5 Å². The number of para-hydroxylation sites is 1.